The minimum Gasteiger partial charge on any atom is -0.490 e. The van der Waals surface area contributed by atoms with Gasteiger partial charge in [-0.2, -0.15) is 13.2 Å². The molecule has 2 aromatic carbocycles. The van der Waals surface area contributed by atoms with Crippen LogP contribution < -0.4 is 14.2 Å². The first-order valence-corrected chi connectivity index (χ1v) is 11.1. The van der Waals surface area contributed by atoms with Crippen LogP contribution in [-0.2, 0) is 15.7 Å². The van der Waals surface area contributed by atoms with Crippen LogP contribution in [0.4, 0.5) is 28.4 Å². The van der Waals surface area contributed by atoms with Crippen molar-refractivity contribution in [3.63, 3.8) is 0 Å². The predicted octanol–water partition coefficient (Wildman–Crippen LogP) is 6.03. The molecule has 0 bridgehead atoms. The Bertz CT molecular complexity index is 1390. The maximum atomic E-state index is 12.8. The minimum atomic E-state index is -4.55. The van der Waals surface area contributed by atoms with Gasteiger partial charge in [-0.25, -0.2) is 9.59 Å². The number of nitrogens with zero attached hydrogens (tertiary/aromatic N) is 2. The van der Waals surface area contributed by atoms with Crippen molar-refractivity contribution in [3.05, 3.63) is 75.6 Å². The number of pyridine rings is 1. The fraction of sp³-hybridized carbons (Fsp3) is 0.240. The number of non-ortho nitro benzene ring substituents is 1. The number of ether oxygens (including phenoxy) is 5. The summed E-state index contributed by atoms with van der Waals surface area (Å²) in [5, 5.41) is 11.3. The largest absolute Gasteiger partial charge is 0.514 e. The molecule has 0 unspecified atom stereocenters. The first-order chi connectivity index (χ1) is 18.4. The molecule has 206 valence electrons. The highest BCUT2D eigenvalue weighted by molar-refractivity contribution is 5.84. The fourth-order valence-electron chi connectivity index (χ4n) is 3.39. The first kappa shape index (κ1) is 28.7. The molecule has 0 atom stereocenters. The van der Waals surface area contributed by atoms with E-state index in [9.17, 15) is 32.9 Å². The summed E-state index contributed by atoms with van der Waals surface area (Å²) in [6, 6.07) is 9.43. The SMILES string of the molecule is COC(=O)Oc1c(C)nc(C)c(OC(=O)OCCOc2cccc(C(F)(F)F)c2)c1-c1cccc([N+](=O)[O-])c1. The highest BCUT2D eigenvalue weighted by Gasteiger charge is 2.30. The molecule has 0 fully saturated rings. The average Bonchev–Trinajstić information content (AvgIpc) is 2.89. The molecular weight excluding hydrogens is 529 g/mol. The number of aryl methyl sites for hydroxylation is 2. The van der Waals surface area contributed by atoms with E-state index >= 15 is 0 Å². The fourth-order valence-corrected chi connectivity index (χ4v) is 3.39. The van der Waals surface area contributed by atoms with Gasteiger partial charge in [-0.15, -0.1) is 0 Å². The number of benzene rings is 2. The molecule has 1 aromatic heterocycles. The van der Waals surface area contributed by atoms with E-state index in [1.807, 2.05) is 0 Å². The number of methoxy groups -OCH3 is 1. The molecule has 14 heteroatoms. The molecule has 0 spiro atoms. The zero-order valence-corrected chi connectivity index (χ0v) is 20.7. The van der Waals surface area contributed by atoms with Crippen LogP contribution in [0, 0.1) is 24.0 Å². The lowest BCUT2D eigenvalue weighted by atomic mass is 10.0. The van der Waals surface area contributed by atoms with E-state index in [0.717, 1.165) is 19.2 Å². The van der Waals surface area contributed by atoms with E-state index < -0.39 is 35.6 Å². The highest BCUT2D eigenvalue weighted by atomic mass is 19.4. The molecule has 0 N–H and O–H groups in total. The number of nitro benzene ring substituents is 1. The minimum absolute atomic E-state index is 0.00809. The van der Waals surface area contributed by atoms with Crippen LogP contribution in [0.5, 0.6) is 17.2 Å². The number of carbonyl (C=O) groups is 2. The highest BCUT2D eigenvalue weighted by Crippen LogP contribution is 2.43. The number of hydrogen-bond donors (Lipinski definition) is 0. The van der Waals surface area contributed by atoms with Crippen LogP contribution in [0.1, 0.15) is 17.0 Å². The zero-order chi connectivity index (χ0) is 28.7. The third kappa shape index (κ3) is 7.34. The van der Waals surface area contributed by atoms with E-state index in [-0.39, 0.29) is 52.1 Å². The van der Waals surface area contributed by atoms with Crippen molar-refractivity contribution < 1.29 is 51.4 Å². The number of carbonyl (C=O) groups excluding carboxylic acids is 2. The average molecular weight is 550 g/mol. The Morgan fingerprint density at radius 2 is 1.59 bits per heavy atom. The second-order valence-electron chi connectivity index (χ2n) is 7.75. The second-order valence-corrected chi connectivity index (χ2v) is 7.75. The molecule has 0 amide bonds. The lowest BCUT2D eigenvalue weighted by Gasteiger charge is -2.18. The molecule has 0 saturated heterocycles. The molecular formula is C25H21F3N2O9. The molecule has 0 radical (unpaired) electrons. The van der Waals surface area contributed by atoms with Crippen LogP contribution in [0.3, 0.4) is 0 Å². The van der Waals surface area contributed by atoms with Crippen molar-refractivity contribution in [3.8, 4) is 28.4 Å². The van der Waals surface area contributed by atoms with E-state index in [4.69, 9.17) is 18.9 Å². The summed E-state index contributed by atoms with van der Waals surface area (Å²) in [5.74, 6) is -0.481. The summed E-state index contributed by atoms with van der Waals surface area (Å²) in [6.45, 7) is 2.29. The van der Waals surface area contributed by atoms with Gasteiger partial charge in [0.1, 0.15) is 19.0 Å². The van der Waals surface area contributed by atoms with Crippen LogP contribution in [0.15, 0.2) is 48.5 Å². The first-order valence-electron chi connectivity index (χ1n) is 11.1. The van der Waals surface area contributed by atoms with Gasteiger partial charge in [0.05, 0.1) is 34.5 Å². The van der Waals surface area contributed by atoms with Crippen molar-refractivity contribution in [2.24, 2.45) is 0 Å². The quantitative estimate of drug-likeness (QED) is 0.141. The molecule has 0 aliphatic rings. The van der Waals surface area contributed by atoms with Crippen molar-refractivity contribution in [1.82, 2.24) is 4.98 Å². The molecule has 11 nitrogen and oxygen atoms in total. The van der Waals surface area contributed by atoms with Gasteiger partial charge in [-0.05, 0) is 37.6 Å². The maximum Gasteiger partial charge on any atom is 0.514 e. The van der Waals surface area contributed by atoms with Crippen LogP contribution in [0.25, 0.3) is 11.1 Å². The Labute approximate surface area is 219 Å². The number of rotatable bonds is 8. The van der Waals surface area contributed by atoms with E-state index in [0.29, 0.717) is 0 Å². The lowest BCUT2D eigenvalue weighted by molar-refractivity contribution is -0.384. The van der Waals surface area contributed by atoms with Crippen molar-refractivity contribution >= 4 is 18.0 Å². The zero-order valence-electron chi connectivity index (χ0n) is 20.7. The van der Waals surface area contributed by atoms with Crippen LogP contribution >= 0.6 is 0 Å². The lowest BCUT2D eigenvalue weighted by Crippen LogP contribution is -2.18. The maximum absolute atomic E-state index is 12.8. The van der Waals surface area contributed by atoms with Gasteiger partial charge in [0.2, 0.25) is 0 Å². The van der Waals surface area contributed by atoms with Gasteiger partial charge in [0.15, 0.2) is 11.5 Å². The number of hydrogen-bond acceptors (Lipinski definition) is 10. The summed E-state index contributed by atoms with van der Waals surface area (Å²) >= 11 is 0. The Hall–Kier alpha value is -4.88. The van der Waals surface area contributed by atoms with Crippen LogP contribution in [0.2, 0.25) is 0 Å². The Kier molecular flexibility index (Phi) is 8.91. The van der Waals surface area contributed by atoms with Gasteiger partial charge in [-0.1, -0.05) is 18.2 Å². The monoisotopic (exact) mass is 550 g/mol. The molecule has 3 aromatic rings. The molecule has 3 rings (SSSR count). The number of aromatic nitrogens is 1. The summed E-state index contributed by atoms with van der Waals surface area (Å²) in [5.41, 5.74) is -0.693. The summed E-state index contributed by atoms with van der Waals surface area (Å²) in [7, 11) is 1.07. The Morgan fingerprint density at radius 1 is 0.949 bits per heavy atom. The van der Waals surface area contributed by atoms with E-state index in [2.05, 4.69) is 9.72 Å². The van der Waals surface area contributed by atoms with E-state index in [1.165, 1.54) is 50.2 Å². The Morgan fingerprint density at radius 3 is 2.21 bits per heavy atom. The van der Waals surface area contributed by atoms with Gasteiger partial charge in [0.25, 0.3) is 5.69 Å². The molecule has 1 heterocycles. The van der Waals surface area contributed by atoms with Gasteiger partial charge in [0, 0.05) is 12.1 Å². The van der Waals surface area contributed by atoms with Gasteiger partial charge >= 0.3 is 18.5 Å². The number of halogens is 3. The third-order valence-corrected chi connectivity index (χ3v) is 5.06. The van der Waals surface area contributed by atoms with Gasteiger partial charge < -0.3 is 23.7 Å². The van der Waals surface area contributed by atoms with Crippen LogP contribution in [-0.4, -0.2) is 42.5 Å². The summed E-state index contributed by atoms with van der Waals surface area (Å²) < 4.78 is 63.8. The summed E-state index contributed by atoms with van der Waals surface area (Å²) in [4.78, 5) is 39.3. The molecule has 39 heavy (non-hydrogen) atoms. The van der Waals surface area contributed by atoms with E-state index in [1.54, 1.807) is 0 Å². The van der Waals surface area contributed by atoms with Crippen molar-refractivity contribution in [2.45, 2.75) is 20.0 Å². The number of alkyl halides is 3. The molecule has 0 aliphatic carbocycles. The normalized spacial score (nSPS) is 10.9. The Balaban J connectivity index is 1.83. The standard InChI is InChI=1S/C25H21F3N2O9/c1-14-21(38-23(31)35-3)20(16-6-4-8-18(12-16)30(33)34)22(15(2)29-14)39-24(32)37-11-10-36-19-9-5-7-17(13-19)25(26,27)28/h4-9,12-13H,10-11H2,1-3H3. The molecule has 0 saturated carbocycles. The predicted molar refractivity (Wildman–Crippen MR) is 128 cm³/mol. The third-order valence-electron chi connectivity index (χ3n) is 5.06. The topological polar surface area (TPSA) is 136 Å². The smallest absolute Gasteiger partial charge is 0.490 e. The van der Waals surface area contributed by atoms with Crippen molar-refractivity contribution in [2.75, 3.05) is 20.3 Å². The number of nitro groups is 1. The molecule has 0 aliphatic heterocycles. The van der Waals surface area contributed by atoms with Gasteiger partial charge in [-0.3, -0.25) is 15.1 Å². The summed E-state index contributed by atoms with van der Waals surface area (Å²) in [6.07, 6.45) is -6.91. The van der Waals surface area contributed by atoms with Crippen molar-refractivity contribution in [1.29, 1.82) is 0 Å². The second kappa shape index (κ2) is 12.1.